The van der Waals surface area contributed by atoms with E-state index in [4.69, 9.17) is 10.6 Å². The molecule has 0 amide bonds. The number of ether oxygens (including phenoxy) is 1. The lowest BCUT2D eigenvalue weighted by Gasteiger charge is -2.08. The highest BCUT2D eigenvalue weighted by Crippen LogP contribution is 2.33. The van der Waals surface area contributed by atoms with Gasteiger partial charge in [-0.05, 0) is 32.1 Å². The third-order valence-corrected chi connectivity index (χ3v) is 2.84. The van der Waals surface area contributed by atoms with Crippen molar-refractivity contribution in [1.29, 1.82) is 0 Å². The summed E-state index contributed by atoms with van der Waals surface area (Å²) in [5, 5.41) is 3.22. The van der Waals surface area contributed by atoms with E-state index in [-0.39, 0.29) is 0 Å². The van der Waals surface area contributed by atoms with Crippen LogP contribution in [0.4, 0.5) is 0 Å². The van der Waals surface area contributed by atoms with Gasteiger partial charge in [0.1, 0.15) is 0 Å². The van der Waals surface area contributed by atoms with Crippen molar-refractivity contribution in [3.8, 4) is 0 Å². The molecule has 100 valence electrons. The third kappa shape index (κ3) is 7.99. The molecule has 5 heteroatoms. The minimum atomic E-state index is 0.692. The summed E-state index contributed by atoms with van der Waals surface area (Å²) in [5.74, 6) is 7.08. The van der Waals surface area contributed by atoms with Gasteiger partial charge in [-0.3, -0.25) is 10.4 Å². The monoisotopic (exact) mass is 242 g/mol. The van der Waals surface area contributed by atoms with Gasteiger partial charge >= 0.3 is 0 Å². The fourth-order valence-corrected chi connectivity index (χ4v) is 1.66. The van der Waals surface area contributed by atoms with E-state index in [2.05, 4.69) is 15.7 Å². The topological polar surface area (TPSA) is 71.7 Å². The first-order valence-corrected chi connectivity index (χ1v) is 6.69. The minimum Gasteiger partial charge on any atom is -0.382 e. The quantitative estimate of drug-likeness (QED) is 0.185. The number of nitrogens with one attached hydrogen (secondary N) is 2. The fourth-order valence-electron chi connectivity index (χ4n) is 1.66. The Morgan fingerprint density at radius 1 is 1.41 bits per heavy atom. The number of nitrogens with zero attached hydrogens (tertiary/aromatic N) is 1. The van der Waals surface area contributed by atoms with Crippen LogP contribution in [0.5, 0.6) is 0 Å². The molecule has 0 spiro atoms. The number of guanidine groups is 1. The van der Waals surface area contributed by atoms with Crippen LogP contribution in [0.15, 0.2) is 4.99 Å². The summed E-state index contributed by atoms with van der Waals surface area (Å²) in [6, 6.07) is 0. The molecule has 0 heterocycles. The van der Waals surface area contributed by atoms with Crippen LogP contribution in [0, 0.1) is 5.92 Å². The second-order valence-corrected chi connectivity index (χ2v) is 4.44. The molecular weight excluding hydrogens is 216 g/mol. The zero-order valence-corrected chi connectivity index (χ0v) is 10.9. The van der Waals surface area contributed by atoms with Crippen LogP contribution in [0.3, 0.4) is 0 Å². The van der Waals surface area contributed by atoms with E-state index in [0.29, 0.717) is 5.96 Å². The highest BCUT2D eigenvalue weighted by Gasteiger charge is 2.19. The highest BCUT2D eigenvalue weighted by atomic mass is 16.5. The van der Waals surface area contributed by atoms with Crippen LogP contribution in [-0.2, 0) is 4.74 Å². The third-order valence-electron chi connectivity index (χ3n) is 2.84. The van der Waals surface area contributed by atoms with E-state index in [0.717, 1.165) is 38.6 Å². The van der Waals surface area contributed by atoms with Gasteiger partial charge in [-0.1, -0.05) is 12.8 Å². The molecule has 1 fully saturated rings. The molecule has 0 atom stereocenters. The van der Waals surface area contributed by atoms with Crippen LogP contribution in [0.2, 0.25) is 0 Å². The zero-order chi connectivity index (χ0) is 12.3. The van der Waals surface area contributed by atoms with Gasteiger partial charge in [0.15, 0.2) is 0 Å². The van der Waals surface area contributed by atoms with E-state index in [1.54, 1.807) is 0 Å². The van der Waals surface area contributed by atoms with Gasteiger partial charge in [-0.15, -0.1) is 0 Å². The van der Waals surface area contributed by atoms with Crippen molar-refractivity contribution < 1.29 is 4.74 Å². The molecule has 0 radical (unpaired) electrons. The van der Waals surface area contributed by atoms with Crippen molar-refractivity contribution in [2.75, 3.05) is 26.3 Å². The van der Waals surface area contributed by atoms with Gasteiger partial charge in [0.05, 0.1) is 0 Å². The summed E-state index contributed by atoms with van der Waals surface area (Å²) < 4.78 is 5.24. The Labute approximate surface area is 104 Å². The van der Waals surface area contributed by atoms with Crippen molar-refractivity contribution in [1.82, 2.24) is 10.7 Å². The number of hydrogen-bond acceptors (Lipinski definition) is 3. The maximum Gasteiger partial charge on any atom is 0.205 e. The van der Waals surface area contributed by atoms with Crippen molar-refractivity contribution in [2.24, 2.45) is 16.8 Å². The fraction of sp³-hybridized carbons (Fsp3) is 0.917. The van der Waals surface area contributed by atoms with Gasteiger partial charge < -0.3 is 10.1 Å². The van der Waals surface area contributed by atoms with Crippen LogP contribution in [-0.4, -0.2) is 32.3 Å². The SMILES string of the molecule is CCOCCCN=C(NN)NCCCC1CC1. The van der Waals surface area contributed by atoms with Crippen molar-refractivity contribution >= 4 is 5.96 Å². The summed E-state index contributed by atoms with van der Waals surface area (Å²) in [6.45, 7) is 5.22. The Balaban J connectivity index is 1.97. The molecular formula is C12H26N4O. The molecule has 1 aliphatic rings. The smallest absolute Gasteiger partial charge is 0.205 e. The molecule has 4 N–H and O–H groups in total. The normalized spacial score (nSPS) is 16.0. The Hall–Kier alpha value is -0.810. The molecule has 5 nitrogen and oxygen atoms in total. The minimum absolute atomic E-state index is 0.692. The summed E-state index contributed by atoms with van der Waals surface area (Å²) >= 11 is 0. The van der Waals surface area contributed by atoms with Crippen LogP contribution in [0.25, 0.3) is 0 Å². The summed E-state index contributed by atoms with van der Waals surface area (Å²) in [7, 11) is 0. The molecule has 17 heavy (non-hydrogen) atoms. The Bertz CT molecular complexity index is 217. The molecule has 0 aliphatic heterocycles. The molecule has 1 saturated carbocycles. The molecule has 1 aliphatic carbocycles. The number of rotatable bonds is 9. The summed E-state index contributed by atoms with van der Waals surface area (Å²) in [6.07, 6.45) is 6.31. The van der Waals surface area contributed by atoms with E-state index < -0.39 is 0 Å². The van der Waals surface area contributed by atoms with E-state index in [1.165, 1.54) is 25.7 Å². The summed E-state index contributed by atoms with van der Waals surface area (Å²) in [5.41, 5.74) is 2.59. The first-order chi connectivity index (χ1) is 8.36. The predicted octanol–water partition coefficient (Wildman–Crippen LogP) is 1.01. The molecule has 1 rings (SSSR count). The van der Waals surface area contributed by atoms with Crippen molar-refractivity contribution in [2.45, 2.75) is 39.0 Å². The lowest BCUT2D eigenvalue weighted by Crippen LogP contribution is -2.42. The van der Waals surface area contributed by atoms with Gasteiger partial charge in [-0.25, -0.2) is 5.84 Å². The van der Waals surface area contributed by atoms with E-state index in [9.17, 15) is 0 Å². The maximum atomic E-state index is 5.39. The first kappa shape index (κ1) is 14.3. The molecule has 0 aromatic rings. The Kier molecular flexibility index (Phi) is 7.75. The Morgan fingerprint density at radius 2 is 2.24 bits per heavy atom. The summed E-state index contributed by atoms with van der Waals surface area (Å²) in [4.78, 5) is 4.34. The second kappa shape index (κ2) is 9.24. The number of aliphatic imine (C=N–C) groups is 1. The van der Waals surface area contributed by atoms with Gasteiger partial charge in [0.2, 0.25) is 5.96 Å². The molecule has 0 aromatic carbocycles. The van der Waals surface area contributed by atoms with Crippen LogP contribution in [0.1, 0.15) is 39.0 Å². The highest BCUT2D eigenvalue weighted by molar-refractivity contribution is 5.79. The number of nitrogens with two attached hydrogens (primary N) is 1. The average Bonchev–Trinajstić information content (AvgIpc) is 3.15. The molecule has 0 saturated heterocycles. The van der Waals surface area contributed by atoms with E-state index in [1.807, 2.05) is 6.92 Å². The Morgan fingerprint density at radius 3 is 2.88 bits per heavy atom. The predicted molar refractivity (Wildman–Crippen MR) is 70.7 cm³/mol. The first-order valence-electron chi connectivity index (χ1n) is 6.69. The largest absolute Gasteiger partial charge is 0.382 e. The van der Waals surface area contributed by atoms with Crippen LogP contribution >= 0.6 is 0 Å². The maximum absolute atomic E-state index is 5.39. The van der Waals surface area contributed by atoms with Crippen molar-refractivity contribution in [3.63, 3.8) is 0 Å². The van der Waals surface area contributed by atoms with Gasteiger partial charge in [-0.2, -0.15) is 0 Å². The molecule has 0 aromatic heterocycles. The average molecular weight is 242 g/mol. The molecule has 0 bridgehead atoms. The standard InChI is InChI=1S/C12H26N4O/c1-2-17-10-4-9-15-12(16-13)14-8-3-5-11-6-7-11/h11H,2-10,13H2,1H3,(H2,14,15,16). The zero-order valence-electron chi connectivity index (χ0n) is 10.9. The van der Waals surface area contributed by atoms with E-state index >= 15 is 0 Å². The number of hydrazine groups is 1. The van der Waals surface area contributed by atoms with Gasteiger partial charge in [0, 0.05) is 26.3 Å². The van der Waals surface area contributed by atoms with Crippen LogP contribution < -0.4 is 16.6 Å². The number of hydrogen-bond donors (Lipinski definition) is 3. The van der Waals surface area contributed by atoms with Crippen molar-refractivity contribution in [3.05, 3.63) is 0 Å². The molecule has 0 unspecified atom stereocenters. The second-order valence-electron chi connectivity index (χ2n) is 4.44. The van der Waals surface area contributed by atoms with Gasteiger partial charge in [0.25, 0.3) is 0 Å². The lowest BCUT2D eigenvalue weighted by molar-refractivity contribution is 0.146. The lowest BCUT2D eigenvalue weighted by atomic mass is 10.2.